The van der Waals surface area contributed by atoms with Gasteiger partial charge in [0.25, 0.3) is 0 Å². The van der Waals surface area contributed by atoms with Crippen LogP contribution in [0.25, 0.3) is 0 Å². The fraction of sp³-hybridized carbons (Fsp3) is 0.571. The molecule has 0 aliphatic rings. The Morgan fingerprint density at radius 2 is 2.00 bits per heavy atom. The Morgan fingerprint density at radius 1 is 1.28 bits per heavy atom. The van der Waals surface area contributed by atoms with E-state index < -0.39 is 0 Å². The summed E-state index contributed by atoms with van der Waals surface area (Å²) in [6.45, 7) is 3.56. The standard InChI is InChI=1S/C14H22BrNOS/c1-12(16-7-10-18-9-2-8-17)11-13-3-5-14(15)6-4-13/h3-6,12,16-17H,2,7-11H2,1H3. The fourth-order valence-corrected chi connectivity index (χ4v) is 2.76. The molecule has 18 heavy (non-hydrogen) atoms. The number of nitrogens with one attached hydrogen (secondary N) is 1. The van der Waals surface area contributed by atoms with Crippen molar-refractivity contribution in [3.05, 3.63) is 34.3 Å². The van der Waals surface area contributed by atoms with Crippen LogP contribution in [0.5, 0.6) is 0 Å². The molecule has 0 saturated heterocycles. The Hall–Kier alpha value is -0.0300. The van der Waals surface area contributed by atoms with Gasteiger partial charge in [-0.2, -0.15) is 11.8 Å². The van der Waals surface area contributed by atoms with Gasteiger partial charge in [0.05, 0.1) is 0 Å². The molecule has 0 aliphatic carbocycles. The van der Waals surface area contributed by atoms with E-state index in [1.807, 2.05) is 11.8 Å². The number of benzene rings is 1. The lowest BCUT2D eigenvalue weighted by Gasteiger charge is -2.13. The molecule has 0 aliphatic heterocycles. The zero-order valence-corrected chi connectivity index (χ0v) is 13.3. The number of hydrogen-bond acceptors (Lipinski definition) is 3. The summed E-state index contributed by atoms with van der Waals surface area (Å²) in [6, 6.07) is 9.01. The summed E-state index contributed by atoms with van der Waals surface area (Å²) >= 11 is 5.35. The number of thioether (sulfide) groups is 1. The second-order valence-corrected chi connectivity index (χ2v) is 6.52. The van der Waals surface area contributed by atoms with Crippen LogP contribution in [0.4, 0.5) is 0 Å². The first kappa shape index (κ1) is 16.0. The van der Waals surface area contributed by atoms with Gasteiger partial charge in [0, 0.05) is 29.4 Å². The lowest BCUT2D eigenvalue weighted by Crippen LogP contribution is -2.30. The molecule has 1 atom stereocenters. The molecule has 1 rings (SSSR count). The van der Waals surface area contributed by atoms with Gasteiger partial charge in [-0.1, -0.05) is 28.1 Å². The Balaban J connectivity index is 2.10. The Kier molecular flexibility index (Phi) is 8.76. The Bertz CT molecular complexity index is 318. The first-order valence-electron chi connectivity index (χ1n) is 6.39. The number of aliphatic hydroxyl groups is 1. The third-order valence-corrected chi connectivity index (χ3v) is 4.24. The van der Waals surface area contributed by atoms with E-state index in [0.717, 1.165) is 35.4 Å². The molecule has 1 aromatic rings. The third-order valence-electron chi connectivity index (χ3n) is 2.64. The summed E-state index contributed by atoms with van der Waals surface area (Å²) in [4.78, 5) is 0. The van der Waals surface area contributed by atoms with E-state index >= 15 is 0 Å². The van der Waals surface area contributed by atoms with Gasteiger partial charge in [-0.3, -0.25) is 0 Å². The molecular weight excluding hydrogens is 310 g/mol. The van der Waals surface area contributed by atoms with E-state index in [1.54, 1.807) is 0 Å². The molecule has 0 fully saturated rings. The van der Waals surface area contributed by atoms with E-state index in [1.165, 1.54) is 5.56 Å². The lowest BCUT2D eigenvalue weighted by atomic mass is 10.1. The predicted octanol–water partition coefficient (Wildman–Crippen LogP) is 3.09. The smallest absolute Gasteiger partial charge is 0.0438 e. The molecule has 0 aromatic heterocycles. The summed E-state index contributed by atoms with van der Waals surface area (Å²) in [5.41, 5.74) is 1.37. The van der Waals surface area contributed by atoms with E-state index in [0.29, 0.717) is 12.6 Å². The highest BCUT2D eigenvalue weighted by molar-refractivity contribution is 9.10. The van der Waals surface area contributed by atoms with Crippen LogP contribution in [0.15, 0.2) is 28.7 Å². The van der Waals surface area contributed by atoms with E-state index in [2.05, 4.69) is 52.4 Å². The van der Waals surface area contributed by atoms with Gasteiger partial charge in [-0.15, -0.1) is 0 Å². The summed E-state index contributed by atoms with van der Waals surface area (Å²) in [5, 5.41) is 12.2. The molecule has 102 valence electrons. The number of hydrogen-bond donors (Lipinski definition) is 2. The van der Waals surface area contributed by atoms with Crippen molar-refractivity contribution in [3.63, 3.8) is 0 Å². The van der Waals surface area contributed by atoms with E-state index in [4.69, 9.17) is 5.11 Å². The molecule has 2 nitrogen and oxygen atoms in total. The zero-order chi connectivity index (χ0) is 13.2. The molecular formula is C14H22BrNOS. The number of halogens is 1. The second kappa shape index (κ2) is 9.84. The van der Waals surface area contributed by atoms with Gasteiger partial charge in [0.2, 0.25) is 0 Å². The molecule has 0 bridgehead atoms. The van der Waals surface area contributed by atoms with Gasteiger partial charge in [-0.25, -0.2) is 0 Å². The molecule has 4 heteroatoms. The highest BCUT2D eigenvalue weighted by atomic mass is 79.9. The van der Waals surface area contributed by atoms with Gasteiger partial charge < -0.3 is 10.4 Å². The van der Waals surface area contributed by atoms with Crippen LogP contribution in [0.2, 0.25) is 0 Å². The largest absolute Gasteiger partial charge is 0.396 e. The van der Waals surface area contributed by atoms with Crippen LogP contribution in [-0.4, -0.2) is 35.8 Å². The average molecular weight is 332 g/mol. The number of rotatable bonds is 9. The Labute approximate surface area is 123 Å². The van der Waals surface area contributed by atoms with Crippen molar-refractivity contribution in [1.82, 2.24) is 5.32 Å². The monoisotopic (exact) mass is 331 g/mol. The fourth-order valence-electron chi connectivity index (χ4n) is 1.69. The van der Waals surface area contributed by atoms with Crippen molar-refractivity contribution in [2.75, 3.05) is 24.7 Å². The average Bonchev–Trinajstić information content (AvgIpc) is 2.36. The summed E-state index contributed by atoms with van der Waals surface area (Å²) < 4.78 is 1.13. The van der Waals surface area contributed by atoms with Crippen LogP contribution >= 0.6 is 27.7 Å². The lowest BCUT2D eigenvalue weighted by molar-refractivity contribution is 0.296. The SMILES string of the molecule is CC(Cc1ccc(Br)cc1)NCCSCCCO. The normalized spacial score (nSPS) is 12.6. The maximum Gasteiger partial charge on any atom is 0.0438 e. The third kappa shape index (κ3) is 7.41. The van der Waals surface area contributed by atoms with Crippen LogP contribution < -0.4 is 5.32 Å². The molecule has 0 heterocycles. The topological polar surface area (TPSA) is 32.3 Å². The van der Waals surface area contributed by atoms with Crippen molar-refractivity contribution in [1.29, 1.82) is 0 Å². The molecule has 0 radical (unpaired) electrons. The van der Waals surface area contributed by atoms with Crippen molar-refractivity contribution in [2.24, 2.45) is 0 Å². The molecule has 1 unspecified atom stereocenters. The first-order valence-corrected chi connectivity index (χ1v) is 8.33. The zero-order valence-electron chi connectivity index (χ0n) is 10.9. The summed E-state index contributed by atoms with van der Waals surface area (Å²) in [5.74, 6) is 2.17. The molecule has 0 saturated carbocycles. The number of aliphatic hydroxyl groups excluding tert-OH is 1. The summed E-state index contributed by atoms with van der Waals surface area (Å²) in [7, 11) is 0. The maximum atomic E-state index is 8.66. The quantitative estimate of drug-likeness (QED) is 0.682. The molecule has 2 N–H and O–H groups in total. The van der Waals surface area contributed by atoms with Crippen molar-refractivity contribution in [2.45, 2.75) is 25.8 Å². The molecule has 1 aromatic carbocycles. The molecule has 0 amide bonds. The van der Waals surface area contributed by atoms with E-state index in [-0.39, 0.29) is 0 Å². The van der Waals surface area contributed by atoms with Crippen LogP contribution in [-0.2, 0) is 6.42 Å². The van der Waals surface area contributed by atoms with Gasteiger partial charge in [-0.05, 0) is 43.2 Å². The minimum atomic E-state index is 0.306. The van der Waals surface area contributed by atoms with Gasteiger partial charge in [0.1, 0.15) is 0 Å². The van der Waals surface area contributed by atoms with Gasteiger partial charge >= 0.3 is 0 Å². The highest BCUT2D eigenvalue weighted by Gasteiger charge is 2.02. The van der Waals surface area contributed by atoms with Crippen molar-refractivity contribution < 1.29 is 5.11 Å². The molecule has 0 spiro atoms. The highest BCUT2D eigenvalue weighted by Crippen LogP contribution is 2.11. The van der Waals surface area contributed by atoms with Crippen LogP contribution in [0.1, 0.15) is 18.9 Å². The predicted molar refractivity (Wildman–Crippen MR) is 84.3 cm³/mol. The first-order chi connectivity index (χ1) is 8.72. The minimum absolute atomic E-state index is 0.306. The van der Waals surface area contributed by atoms with Crippen LogP contribution in [0.3, 0.4) is 0 Å². The maximum absolute atomic E-state index is 8.66. The van der Waals surface area contributed by atoms with Crippen molar-refractivity contribution in [3.8, 4) is 0 Å². The van der Waals surface area contributed by atoms with Crippen LogP contribution in [0, 0.1) is 0 Å². The van der Waals surface area contributed by atoms with E-state index in [9.17, 15) is 0 Å². The van der Waals surface area contributed by atoms with Gasteiger partial charge in [0.15, 0.2) is 0 Å². The summed E-state index contributed by atoms with van der Waals surface area (Å²) in [6.07, 6.45) is 1.97. The second-order valence-electron chi connectivity index (χ2n) is 4.38. The Morgan fingerprint density at radius 3 is 2.67 bits per heavy atom. The minimum Gasteiger partial charge on any atom is -0.396 e. The van der Waals surface area contributed by atoms with Crippen molar-refractivity contribution >= 4 is 27.7 Å².